The Hall–Kier alpha value is -3.28. The number of carbonyl (C=O) groups excluding carboxylic acids is 2. The van der Waals surface area contributed by atoms with Crippen LogP contribution in [-0.2, 0) is 14.5 Å². The van der Waals surface area contributed by atoms with E-state index >= 15 is 0 Å². The van der Waals surface area contributed by atoms with E-state index in [9.17, 15) is 13.8 Å². The molecule has 30 heavy (non-hydrogen) atoms. The number of hydrogen-bond acceptors (Lipinski definition) is 9. The Morgan fingerprint density at radius 2 is 1.97 bits per heavy atom. The lowest BCUT2D eigenvalue weighted by Gasteiger charge is -2.16. The van der Waals surface area contributed by atoms with Crippen molar-refractivity contribution in [3.63, 3.8) is 0 Å². The van der Waals surface area contributed by atoms with E-state index in [4.69, 9.17) is 5.73 Å². The first-order valence-electron chi connectivity index (χ1n) is 9.21. The number of aryl methyl sites for hydroxylation is 1. The summed E-state index contributed by atoms with van der Waals surface area (Å²) < 4.78 is 16.9. The van der Waals surface area contributed by atoms with E-state index in [1.807, 2.05) is 0 Å². The second kappa shape index (κ2) is 8.22. The van der Waals surface area contributed by atoms with E-state index in [2.05, 4.69) is 35.5 Å². The van der Waals surface area contributed by atoms with Crippen molar-refractivity contribution in [2.75, 3.05) is 36.7 Å². The number of carbonyl (C=O) groups is 2. The lowest BCUT2D eigenvalue weighted by atomic mass is 10.2. The zero-order valence-electron chi connectivity index (χ0n) is 17.1. The molecule has 1 saturated carbocycles. The van der Waals surface area contributed by atoms with Gasteiger partial charge in [-0.3, -0.25) is 9.59 Å². The maximum Gasteiger partial charge on any atom is 0.273 e. The predicted octanol–water partition coefficient (Wildman–Crippen LogP) is 1.30. The van der Waals surface area contributed by atoms with E-state index < -0.39 is 15.6 Å². The minimum Gasteiger partial charge on any atom is -0.383 e. The molecule has 2 amide bonds. The Morgan fingerprint density at radius 1 is 1.27 bits per heavy atom. The maximum atomic E-state index is 12.9. The largest absolute Gasteiger partial charge is 0.383 e. The zero-order chi connectivity index (χ0) is 22.1. The van der Waals surface area contributed by atoms with Gasteiger partial charge in [0.25, 0.3) is 5.91 Å². The molecule has 2 aromatic heterocycles. The van der Waals surface area contributed by atoms with Gasteiger partial charge < -0.3 is 21.7 Å². The normalized spacial score (nSPS) is 15.1. The van der Waals surface area contributed by atoms with Gasteiger partial charge in [0.1, 0.15) is 11.6 Å². The van der Waals surface area contributed by atoms with Crippen LogP contribution >= 0.6 is 0 Å². The number of amides is 2. The molecule has 1 aliphatic rings. The maximum absolute atomic E-state index is 12.9. The summed E-state index contributed by atoms with van der Waals surface area (Å²) in [7, 11) is 0.138. The number of anilines is 4. The summed E-state index contributed by atoms with van der Waals surface area (Å²) >= 11 is 0. The molecule has 0 aliphatic heterocycles. The summed E-state index contributed by atoms with van der Waals surface area (Å²) in [6.07, 6.45) is 3.15. The molecule has 1 unspecified atom stereocenters. The van der Waals surface area contributed by atoms with Crippen molar-refractivity contribution < 1.29 is 13.8 Å². The Kier molecular flexibility index (Phi) is 5.87. The van der Waals surface area contributed by atoms with E-state index in [0.29, 0.717) is 10.5 Å². The van der Waals surface area contributed by atoms with Crippen molar-refractivity contribution in [3.8, 4) is 0 Å². The quantitative estimate of drug-likeness (QED) is 0.530. The van der Waals surface area contributed by atoms with Gasteiger partial charge in [0.2, 0.25) is 5.91 Å². The van der Waals surface area contributed by atoms with Crippen LogP contribution in [0, 0.1) is 12.8 Å². The van der Waals surface area contributed by atoms with Crippen molar-refractivity contribution in [1.29, 1.82) is 0 Å². The highest BCUT2D eigenvalue weighted by atomic mass is 32.2. The zero-order valence-corrected chi connectivity index (χ0v) is 18.0. The molecule has 5 N–H and O–H groups in total. The Balaban J connectivity index is 2.08. The molecule has 0 radical (unpaired) electrons. The minimum atomic E-state index is -2.77. The highest BCUT2D eigenvalue weighted by Gasteiger charge is 2.30. The summed E-state index contributed by atoms with van der Waals surface area (Å²) in [4.78, 5) is 29.0. The van der Waals surface area contributed by atoms with Gasteiger partial charge in [0.05, 0.1) is 20.3 Å². The third kappa shape index (κ3) is 4.48. The van der Waals surface area contributed by atoms with E-state index in [0.717, 1.165) is 12.8 Å². The molecule has 0 aromatic carbocycles. The van der Waals surface area contributed by atoms with Crippen LogP contribution in [0.25, 0.3) is 0 Å². The van der Waals surface area contributed by atoms with Crippen LogP contribution in [0.15, 0.2) is 21.4 Å². The third-order valence-corrected chi connectivity index (χ3v) is 6.49. The van der Waals surface area contributed by atoms with Crippen LogP contribution in [-0.4, -0.2) is 51.6 Å². The van der Waals surface area contributed by atoms with Gasteiger partial charge in [-0.05, 0) is 31.4 Å². The number of aromatic nitrogens is 3. The molecule has 12 heteroatoms. The molecule has 0 bridgehead atoms. The van der Waals surface area contributed by atoms with Crippen molar-refractivity contribution >= 4 is 44.7 Å². The molecule has 2 aromatic rings. The molecule has 160 valence electrons. The van der Waals surface area contributed by atoms with Gasteiger partial charge in [-0.2, -0.15) is 0 Å². The Morgan fingerprint density at radius 3 is 2.57 bits per heavy atom. The highest BCUT2D eigenvalue weighted by molar-refractivity contribution is 7.93. The molecule has 3 rings (SSSR count). The average molecular weight is 433 g/mol. The number of nitrogen functional groups attached to an aromatic ring is 1. The molecule has 1 fully saturated rings. The first-order valence-corrected chi connectivity index (χ1v) is 11.1. The van der Waals surface area contributed by atoms with Crippen LogP contribution in [0.5, 0.6) is 0 Å². The standard InChI is InChI=1S/C18H24N8O3S/c1-9-7-12(30(4,29)21-3)16(24-15(9)19)22-11-8-13(23-17(27)10-5-6-10)25-26-14(11)18(28)20-2/h7-8,10H,5-6H2,1-4H3,(H,20,28)(H4,19,22,23,24,25,27). The first kappa shape index (κ1) is 21.4. The van der Waals surface area contributed by atoms with Crippen LogP contribution in [0.4, 0.5) is 23.1 Å². The van der Waals surface area contributed by atoms with Gasteiger partial charge >= 0.3 is 0 Å². The van der Waals surface area contributed by atoms with Crippen LogP contribution < -0.4 is 21.7 Å². The number of nitrogens with zero attached hydrogens (tertiary/aromatic N) is 4. The first-order chi connectivity index (χ1) is 14.2. The topological polar surface area (TPSA) is 164 Å². The van der Waals surface area contributed by atoms with E-state index in [1.165, 1.54) is 26.4 Å². The summed E-state index contributed by atoms with van der Waals surface area (Å²) in [5.74, 6) is -0.0806. The fourth-order valence-corrected chi connectivity index (χ4v) is 3.66. The van der Waals surface area contributed by atoms with E-state index in [1.54, 1.807) is 13.0 Å². The SMILES string of the molecule is CN=S(C)(=O)c1cc(C)c(N)nc1Nc1cc(NC(=O)C2CC2)nnc1C(=O)NC. The fraction of sp³-hybridized carbons (Fsp3) is 0.389. The number of pyridine rings is 1. The average Bonchev–Trinajstić information content (AvgIpc) is 3.55. The molecule has 1 aliphatic carbocycles. The minimum absolute atomic E-state index is 0.0233. The van der Waals surface area contributed by atoms with Crippen molar-refractivity contribution in [2.45, 2.75) is 24.7 Å². The summed E-state index contributed by atoms with van der Waals surface area (Å²) in [5, 5.41) is 16.0. The van der Waals surface area contributed by atoms with Gasteiger partial charge in [0.15, 0.2) is 11.5 Å². The Bertz CT molecular complexity index is 1140. The summed E-state index contributed by atoms with van der Waals surface area (Å²) in [6, 6.07) is 3.11. The molecule has 0 spiro atoms. The van der Waals surface area contributed by atoms with Crippen LogP contribution in [0.1, 0.15) is 28.9 Å². The molecule has 11 nitrogen and oxygen atoms in total. The van der Waals surface area contributed by atoms with E-state index in [-0.39, 0.29) is 40.7 Å². The highest BCUT2D eigenvalue weighted by Crippen LogP contribution is 2.31. The lowest BCUT2D eigenvalue weighted by Crippen LogP contribution is -2.23. The number of hydrogen-bond donors (Lipinski definition) is 4. The second-order valence-corrected chi connectivity index (χ2v) is 9.39. The molecular weight excluding hydrogens is 408 g/mol. The lowest BCUT2D eigenvalue weighted by molar-refractivity contribution is -0.117. The second-order valence-electron chi connectivity index (χ2n) is 6.98. The molecule has 2 heterocycles. The van der Waals surface area contributed by atoms with Crippen molar-refractivity contribution in [3.05, 3.63) is 23.4 Å². The smallest absolute Gasteiger partial charge is 0.273 e. The molecular formula is C18H24N8O3S. The summed E-state index contributed by atoms with van der Waals surface area (Å²) in [6.45, 7) is 1.75. The van der Waals surface area contributed by atoms with Gasteiger partial charge in [-0.15, -0.1) is 10.2 Å². The van der Waals surface area contributed by atoms with Gasteiger partial charge in [-0.25, -0.2) is 13.6 Å². The number of rotatable bonds is 6. The number of nitrogens with two attached hydrogens (primary N) is 1. The van der Waals surface area contributed by atoms with Gasteiger partial charge in [-0.1, -0.05) is 0 Å². The fourth-order valence-electron chi connectivity index (χ4n) is 2.61. The third-order valence-electron chi connectivity index (χ3n) is 4.66. The summed E-state index contributed by atoms with van der Waals surface area (Å²) in [5.41, 5.74) is 6.79. The van der Waals surface area contributed by atoms with Crippen molar-refractivity contribution in [2.24, 2.45) is 10.3 Å². The molecule has 1 atom stereocenters. The molecule has 0 saturated heterocycles. The van der Waals surface area contributed by atoms with Gasteiger partial charge in [0, 0.05) is 32.3 Å². The van der Waals surface area contributed by atoms with Crippen molar-refractivity contribution in [1.82, 2.24) is 20.5 Å². The predicted molar refractivity (Wildman–Crippen MR) is 114 cm³/mol. The Labute approximate surface area is 174 Å². The van der Waals surface area contributed by atoms with Crippen LogP contribution in [0.3, 0.4) is 0 Å². The monoisotopic (exact) mass is 432 g/mol. The van der Waals surface area contributed by atoms with Crippen LogP contribution in [0.2, 0.25) is 0 Å². The number of nitrogens with one attached hydrogen (secondary N) is 3.